The molecule has 2 aromatic heterocycles. The predicted molar refractivity (Wildman–Crippen MR) is 120 cm³/mol. The normalized spacial score (nSPS) is 12.1. The van der Waals surface area contributed by atoms with Crippen LogP contribution in [0.3, 0.4) is 0 Å². The molecule has 2 N–H and O–H groups in total. The van der Waals surface area contributed by atoms with Gasteiger partial charge in [-0.05, 0) is 43.2 Å². The lowest BCUT2D eigenvalue weighted by Gasteiger charge is -2.08. The first-order valence-electron chi connectivity index (χ1n) is 10.3. The maximum atomic E-state index is 13.6. The van der Waals surface area contributed by atoms with E-state index in [1.54, 1.807) is 18.2 Å². The Labute approximate surface area is 176 Å². The fraction of sp³-hybridized carbons (Fsp3) is 0.304. The number of sulfone groups is 1. The fourth-order valence-corrected chi connectivity index (χ4v) is 5.39. The van der Waals surface area contributed by atoms with E-state index in [4.69, 9.17) is 10.7 Å². The zero-order valence-corrected chi connectivity index (χ0v) is 18.1. The number of rotatable bonds is 7. The summed E-state index contributed by atoms with van der Waals surface area (Å²) in [6.07, 6.45) is 4.21. The van der Waals surface area contributed by atoms with E-state index < -0.39 is 9.84 Å². The Morgan fingerprint density at radius 1 is 0.967 bits per heavy atom. The van der Waals surface area contributed by atoms with Crippen molar-refractivity contribution < 1.29 is 8.42 Å². The van der Waals surface area contributed by atoms with Crippen LogP contribution in [0.15, 0.2) is 58.3 Å². The van der Waals surface area contributed by atoms with Gasteiger partial charge in [-0.3, -0.25) is 0 Å². The molecule has 0 radical (unpaired) electrons. The van der Waals surface area contributed by atoms with Gasteiger partial charge in [-0.25, -0.2) is 18.4 Å². The molecule has 2 aromatic carbocycles. The molecule has 2 heterocycles. The van der Waals surface area contributed by atoms with Gasteiger partial charge in [-0.15, -0.1) is 0 Å². The van der Waals surface area contributed by atoms with Crippen LogP contribution < -0.4 is 5.73 Å². The average Bonchev–Trinajstić information content (AvgIpc) is 3.00. The summed E-state index contributed by atoms with van der Waals surface area (Å²) in [5.41, 5.74) is 9.55. The van der Waals surface area contributed by atoms with Gasteiger partial charge in [0.15, 0.2) is 5.65 Å². The molecule has 0 atom stereocenters. The molecule has 0 unspecified atom stereocenters. The summed E-state index contributed by atoms with van der Waals surface area (Å²) in [5.74, 6) is 0.207. The molecule has 0 fully saturated rings. The molecular weight excluding hydrogens is 396 g/mol. The second kappa shape index (κ2) is 8.07. The van der Waals surface area contributed by atoms with Crippen molar-refractivity contribution in [1.82, 2.24) is 14.5 Å². The molecule has 0 aliphatic heterocycles. The third kappa shape index (κ3) is 3.54. The molecular formula is C23H26N4O2S. The number of anilines is 1. The van der Waals surface area contributed by atoms with Gasteiger partial charge in [-0.1, -0.05) is 50.5 Å². The molecule has 0 bridgehead atoms. The fourth-order valence-electron chi connectivity index (χ4n) is 3.78. The lowest BCUT2D eigenvalue weighted by atomic mass is 10.2. The third-order valence-corrected chi connectivity index (χ3v) is 7.16. The SMILES string of the molecule is CCCCCCn1c(N)c(S(=O)(=O)c2cccc(C)c2)c2nc3ccccc3nc21. The van der Waals surface area contributed by atoms with Crippen molar-refractivity contribution in [3.05, 3.63) is 54.1 Å². The van der Waals surface area contributed by atoms with Gasteiger partial charge in [0.2, 0.25) is 9.84 Å². The molecule has 0 spiro atoms. The zero-order chi connectivity index (χ0) is 21.3. The largest absolute Gasteiger partial charge is 0.384 e. The number of hydrogen-bond donors (Lipinski definition) is 1. The molecule has 0 saturated carbocycles. The van der Waals surface area contributed by atoms with E-state index in [9.17, 15) is 8.42 Å². The van der Waals surface area contributed by atoms with E-state index in [2.05, 4.69) is 11.9 Å². The Morgan fingerprint density at radius 3 is 2.40 bits per heavy atom. The molecule has 0 saturated heterocycles. The second-order valence-electron chi connectivity index (χ2n) is 7.63. The monoisotopic (exact) mass is 422 g/mol. The lowest BCUT2D eigenvalue weighted by Crippen LogP contribution is -2.08. The first kappa shape index (κ1) is 20.3. The van der Waals surface area contributed by atoms with Gasteiger partial charge in [0.05, 0.1) is 15.9 Å². The number of nitrogen functional groups attached to an aromatic ring is 1. The molecule has 0 amide bonds. The smallest absolute Gasteiger partial charge is 0.212 e. The van der Waals surface area contributed by atoms with E-state index in [1.807, 2.05) is 41.8 Å². The highest BCUT2D eigenvalue weighted by molar-refractivity contribution is 7.92. The number of fused-ring (bicyclic) bond motifs is 2. The molecule has 4 rings (SSSR count). The van der Waals surface area contributed by atoms with Crippen molar-refractivity contribution >= 4 is 37.9 Å². The highest BCUT2D eigenvalue weighted by atomic mass is 32.2. The Morgan fingerprint density at radius 2 is 1.70 bits per heavy atom. The Balaban J connectivity index is 1.96. The third-order valence-electron chi connectivity index (χ3n) is 5.35. The summed E-state index contributed by atoms with van der Waals surface area (Å²) in [6.45, 7) is 4.63. The minimum Gasteiger partial charge on any atom is -0.384 e. The van der Waals surface area contributed by atoms with Crippen LogP contribution in [0, 0.1) is 6.92 Å². The van der Waals surface area contributed by atoms with Crippen molar-refractivity contribution in [1.29, 1.82) is 0 Å². The van der Waals surface area contributed by atoms with Crippen molar-refractivity contribution in [2.45, 2.75) is 55.9 Å². The van der Waals surface area contributed by atoms with Crippen LogP contribution in [0.2, 0.25) is 0 Å². The second-order valence-corrected chi connectivity index (χ2v) is 9.52. The van der Waals surface area contributed by atoms with Crippen LogP contribution in [-0.2, 0) is 16.4 Å². The Kier molecular flexibility index (Phi) is 5.47. The lowest BCUT2D eigenvalue weighted by molar-refractivity contribution is 0.589. The molecule has 4 aromatic rings. The highest BCUT2D eigenvalue weighted by Gasteiger charge is 2.30. The highest BCUT2D eigenvalue weighted by Crippen LogP contribution is 2.35. The van der Waals surface area contributed by atoms with Gasteiger partial charge < -0.3 is 10.3 Å². The maximum Gasteiger partial charge on any atom is 0.212 e. The molecule has 30 heavy (non-hydrogen) atoms. The molecule has 0 aliphatic carbocycles. The molecule has 7 heteroatoms. The van der Waals surface area contributed by atoms with Crippen molar-refractivity contribution in [2.75, 3.05) is 5.73 Å². The van der Waals surface area contributed by atoms with E-state index >= 15 is 0 Å². The van der Waals surface area contributed by atoms with Gasteiger partial charge in [0, 0.05) is 6.54 Å². The van der Waals surface area contributed by atoms with Crippen LogP contribution in [-0.4, -0.2) is 23.0 Å². The summed E-state index contributed by atoms with van der Waals surface area (Å²) in [6, 6.07) is 14.3. The summed E-state index contributed by atoms with van der Waals surface area (Å²) >= 11 is 0. The quantitative estimate of drug-likeness (QED) is 0.428. The number of unbranched alkanes of at least 4 members (excludes halogenated alkanes) is 3. The molecule has 6 nitrogen and oxygen atoms in total. The number of nitrogens with zero attached hydrogens (tertiary/aromatic N) is 3. The van der Waals surface area contributed by atoms with Crippen LogP contribution in [0.1, 0.15) is 38.2 Å². The molecule has 0 aliphatic rings. The summed E-state index contributed by atoms with van der Waals surface area (Å²) in [5, 5.41) is 0. The number of aromatic nitrogens is 3. The minimum atomic E-state index is -3.85. The van der Waals surface area contributed by atoms with Gasteiger partial charge >= 0.3 is 0 Å². The number of para-hydroxylation sites is 2. The van der Waals surface area contributed by atoms with Crippen LogP contribution >= 0.6 is 0 Å². The summed E-state index contributed by atoms with van der Waals surface area (Å²) in [4.78, 5) is 9.68. The first-order chi connectivity index (χ1) is 14.4. The summed E-state index contributed by atoms with van der Waals surface area (Å²) < 4.78 is 29.0. The standard InChI is InChI=1S/C23H26N4O2S/c1-3-4-5-8-14-27-22(24)21(30(28,29)17-11-9-10-16(2)15-17)20-23(27)26-19-13-7-6-12-18(19)25-20/h6-7,9-13,15H,3-5,8,14,24H2,1-2H3. The van der Waals surface area contributed by atoms with Gasteiger partial charge in [0.25, 0.3) is 0 Å². The van der Waals surface area contributed by atoms with Gasteiger partial charge in [0.1, 0.15) is 16.2 Å². The van der Waals surface area contributed by atoms with E-state index in [0.29, 0.717) is 23.2 Å². The van der Waals surface area contributed by atoms with Crippen LogP contribution in [0.4, 0.5) is 5.82 Å². The number of hydrogen-bond acceptors (Lipinski definition) is 5. The predicted octanol–water partition coefficient (Wildman–Crippen LogP) is 4.89. The maximum absolute atomic E-state index is 13.6. The minimum absolute atomic E-state index is 0.0526. The topological polar surface area (TPSA) is 90.9 Å². The van der Waals surface area contributed by atoms with Crippen molar-refractivity contribution in [3.8, 4) is 0 Å². The van der Waals surface area contributed by atoms with Crippen molar-refractivity contribution in [3.63, 3.8) is 0 Å². The average molecular weight is 423 g/mol. The van der Waals surface area contributed by atoms with E-state index in [-0.39, 0.29) is 15.6 Å². The van der Waals surface area contributed by atoms with E-state index in [1.165, 1.54) is 0 Å². The van der Waals surface area contributed by atoms with Gasteiger partial charge in [-0.2, -0.15) is 0 Å². The summed E-state index contributed by atoms with van der Waals surface area (Å²) in [7, 11) is -3.85. The van der Waals surface area contributed by atoms with Crippen molar-refractivity contribution in [2.24, 2.45) is 0 Å². The number of benzene rings is 2. The van der Waals surface area contributed by atoms with E-state index in [0.717, 1.165) is 36.8 Å². The first-order valence-corrected chi connectivity index (χ1v) is 11.8. The van der Waals surface area contributed by atoms with Crippen LogP contribution in [0.25, 0.3) is 22.2 Å². The zero-order valence-electron chi connectivity index (χ0n) is 17.3. The Hall–Kier alpha value is -2.93. The van der Waals surface area contributed by atoms with Crippen LogP contribution in [0.5, 0.6) is 0 Å². The molecule has 156 valence electrons. The number of nitrogens with two attached hydrogens (primary N) is 1. The Bertz CT molecular complexity index is 1330. The number of aryl methyl sites for hydroxylation is 2.